The lowest BCUT2D eigenvalue weighted by Gasteiger charge is -2.33. The zero-order valence-electron chi connectivity index (χ0n) is 9.59. The third kappa shape index (κ3) is 3.14. The molecule has 0 N–H and O–H groups in total. The quantitative estimate of drug-likeness (QED) is 0.614. The fourth-order valence-electron chi connectivity index (χ4n) is 1.69. The minimum absolute atomic E-state index is 0.722. The van der Waals surface area contributed by atoms with E-state index in [4.69, 9.17) is 0 Å². The van der Waals surface area contributed by atoms with Gasteiger partial charge in [0.15, 0.2) is 0 Å². The van der Waals surface area contributed by atoms with Crippen LogP contribution in [0.4, 0.5) is 0 Å². The van der Waals surface area contributed by atoms with Crippen LogP contribution < -0.4 is 0 Å². The van der Waals surface area contributed by atoms with Crippen molar-refractivity contribution in [1.29, 1.82) is 0 Å². The summed E-state index contributed by atoms with van der Waals surface area (Å²) in [6.07, 6.45) is 0. The van der Waals surface area contributed by atoms with Crippen molar-refractivity contribution in [2.24, 2.45) is 11.8 Å². The fraction of sp³-hybridized carbons (Fsp3) is 1.00. The maximum absolute atomic E-state index is 2.53. The topological polar surface area (TPSA) is 3.24 Å². The third-order valence-corrected chi connectivity index (χ3v) is 3.20. The van der Waals surface area contributed by atoms with E-state index in [2.05, 4.69) is 46.4 Å². The van der Waals surface area contributed by atoms with E-state index in [1.807, 2.05) is 0 Å². The van der Waals surface area contributed by atoms with Gasteiger partial charge in [0.25, 0.3) is 0 Å². The van der Waals surface area contributed by atoms with Gasteiger partial charge in [0.2, 0.25) is 0 Å². The highest BCUT2D eigenvalue weighted by atomic mass is 15.1. The van der Waals surface area contributed by atoms with Gasteiger partial charge in [0, 0.05) is 6.04 Å². The molecule has 0 rings (SSSR count). The van der Waals surface area contributed by atoms with Gasteiger partial charge in [-0.2, -0.15) is 0 Å². The Morgan fingerprint density at radius 1 is 0.917 bits per heavy atom. The normalized spacial score (nSPS) is 17.0. The molecule has 0 spiro atoms. The molecule has 0 aliphatic rings. The molecule has 1 nitrogen and oxygen atoms in total. The van der Waals surface area contributed by atoms with Crippen LogP contribution in [0.5, 0.6) is 0 Å². The van der Waals surface area contributed by atoms with Gasteiger partial charge in [-0.05, 0) is 31.8 Å². The van der Waals surface area contributed by atoms with Crippen LogP contribution in [0.2, 0.25) is 0 Å². The molecule has 0 aromatic carbocycles. The Bertz CT molecular complexity index is 104. The lowest BCUT2D eigenvalue weighted by atomic mass is 9.90. The number of hydrogen-bond acceptors (Lipinski definition) is 1. The molecule has 0 aromatic heterocycles. The Hall–Kier alpha value is -0.0400. The predicted molar refractivity (Wildman–Crippen MR) is 56.4 cm³/mol. The van der Waals surface area contributed by atoms with E-state index < -0.39 is 0 Å². The summed E-state index contributed by atoms with van der Waals surface area (Å²) < 4.78 is 0. The van der Waals surface area contributed by atoms with Crippen molar-refractivity contribution in [3.63, 3.8) is 0 Å². The van der Waals surface area contributed by atoms with Crippen LogP contribution in [0.1, 0.15) is 41.5 Å². The van der Waals surface area contributed by atoms with E-state index in [0.29, 0.717) is 0 Å². The Morgan fingerprint density at radius 3 is 1.58 bits per heavy atom. The SMILES string of the molecule is CCN(CC)C(C)C(C)C(C)C. The summed E-state index contributed by atoms with van der Waals surface area (Å²) in [5.41, 5.74) is 0. The average Bonchev–Trinajstić information content (AvgIpc) is 2.05. The van der Waals surface area contributed by atoms with Gasteiger partial charge in [-0.1, -0.05) is 34.6 Å². The van der Waals surface area contributed by atoms with Crippen LogP contribution in [0.25, 0.3) is 0 Å². The van der Waals surface area contributed by atoms with Crippen LogP contribution in [-0.2, 0) is 0 Å². The van der Waals surface area contributed by atoms with Crippen molar-refractivity contribution in [2.45, 2.75) is 47.6 Å². The Morgan fingerprint density at radius 2 is 1.33 bits per heavy atom. The van der Waals surface area contributed by atoms with E-state index >= 15 is 0 Å². The van der Waals surface area contributed by atoms with Crippen molar-refractivity contribution in [2.75, 3.05) is 13.1 Å². The first-order valence-corrected chi connectivity index (χ1v) is 5.28. The highest BCUT2D eigenvalue weighted by Gasteiger charge is 2.19. The van der Waals surface area contributed by atoms with Gasteiger partial charge in [0.05, 0.1) is 0 Å². The molecule has 0 amide bonds. The molecule has 2 atom stereocenters. The van der Waals surface area contributed by atoms with Crippen molar-refractivity contribution in [3.8, 4) is 0 Å². The average molecular weight is 171 g/mol. The lowest BCUT2D eigenvalue weighted by molar-refractivity contribution is 0.151. The summed E-state index contributed by atoms with van der Waals surface area (Å²) in [5, 5.41) is 0. The van der Waals surface area contributed by atoms with Crippen molar-refractivity contribution in [1.82, 2.24) is 4.90 Å². The zero-order valence-corrected chi connectivity index (χ0v) is 9.59. The second-order valence-electron chi connectivity index (χ2n) is 4.06. The van der Waals surface area contributed by atoms with E-state index in [0.717, 1.165) is 17.9 Å². The summed E-state index contributed by atoms with van der Waals surface area (Å²) in [4.78, 5) is 2.53. The standard InChI is InChI=1S/C11H25N/c1-7-12(8-2)11(6)10(5)9(3)4/h9-11H,7-8H2,1-6H3. The molecule has 0 aliphatic carbocycles. The first-order valence-electron chi connectivity index (χ1n) is 5.28. The van der Waals surface area contributed by atoms with Gasteiger partial charge < -0.3 is 4.90 Å². The molecule has 0 bridgehead atoms. The molecule has 0 fully saturated rings. The summed E-state index contributed by atoms with van der Waals surface area (Å²) in [5.74, 6) is 1.59. The molecule has 2 unspecified atom stereocenters. The van der Waals surface area contributed by atoms with E-state index in [-0.39, 0.29) is 0 Å². The Labute approximate surface area is 78.1 Å². The molecule has 0 saturated heterocycles. The van der Waals surface area contributed by atoms with Crippen LogP contribution in [0.3, 0.4) is 0 Å². The summed E-state index contributed by atoms with van der Waals surface area (Å²) in [6, 6.07) is 0.722. The summed E-state index contributed by atoms with van der Waals surface area (Å²) >= 11 is 0. The van der Waals surface area contributed by atoms with E-state index in [9.17, 15) is 0 Å². The molecule has 0 radical (unpaired) electrons. The van der Waals surface area contributed by atoms with Crippen molar-refractivity contribution in [3.05, 3.63) is 0 Å². The van der Waals surface area contributed by atoms with Crippen molar-refractivity contribution < 1.29 is 0 Å². The molecule has 74 valence electrons. The number of nitrogens with zero attached hydrogens (tertiary/aromatic N) is 1. The summed E-state index contributed by atoms with van der Waals surface area (Å²) in [6.45, 7) is 16.2. The van der Waals surface area contributed by atoms with Gasteiger partial charge in [-0.15, -0.1) is 0 Å². The summed E-state index contributed by atoms with van der Waals surface area (Å²) in [7, 11) is 0. The Kier molecular flexibility index (Phi) is 5.56. The van der Waals surface area contributed by atoms with Crippen LogP contribution in [-0.4, -0.2) is 24.0 Å². The fourth-order valence-corrected chi connectivity index (χ4v) is 1.69. The number of rotatable bonds is 5. The van der Waals surface area contributed by atoms with Gasteiger partial charge >= 0.3 is 0 Å². The molecule has 0 aromatic rings. The first kappa shape index (κ1) is 12.0. The second-order valence-corrected chi connectivity index (χ2v) is 4.06. The second kappa shape index (κ2) is 5.58. The first-order chi connectivity index (χ1) is 5.54. The van der Waals surface area contributed by atoms with Crippen molar-refractivity contribution >= 4 is 0 Å². The minimum Gasteiger partial charge on any atom is -0.301 e. The molecule has 1 heteroatoms. The minimum atomic E-state index is 0.722. The van der Waals surface area contributed by atoms with Gasteiger partial charge in [-0.3, -0.25) is 0 Å². The largest absolute Gasteiger partial charge is 0.301 e. The zero-order chi connectivity index (χ0) is 9.72. The maximum atomic E-state index is 2.53. The van der Waals surface area contributed by atoms with Crippen LogP contribution in [0.15, 0.2) is 0 Å². The molecule has 0 saturated carbocycles. The molecule has 0 heterocycles. The highest BCUT2D eigenvalue weighted by molar-refractivity contribution is 4.73. The molecule has 0 aliphatic heterocycles. The molecular weight excluding hydrogens is 146 g/mol. The third-order valence-electron chi connectivity index (χ3n) is 3.20. The smallest absolute Gasteiger partial charge is 0.00947 e. The maximum Gasteiger partial charge on any atom is 0.00947 e. The van der Waals surface area contributed by atoms with Gasteiger partial charge in [-0.25, -0.2) is 0 Å². The molecule has 12 heavy (non-hydrogen) atoms. The number of hydrogen-bond donors (Lipinski definition) is 0. The monoisotopic (exact) mass is 171 g/mol. The predicted octanol–water partition coefficient (Wildman–Crippen LogP) is 3.01. The molecular formula is C11H25N. The van der Waals surface area contributed by atoms with Crippen LogP contribution >= 0.6 is 0 Å². The Balaban J connectivity index is 4.05. The van der Waals surface area contributed by atoms with Gasteiger partial charge in [0.1, 0.15) is 0 Å². The van der Waals surface area contributed by atoms with E-state index in [1.54, 1.807) is 0 Å². The lowest BCUT2D eigenvalue weighted by Crippen LogP contribution is -2.39. The van der Waals surface area contributed by atoms with Crippen LogP contribution in [0, 0.1) is 11.8 Å². The van der Waals surface area contributed by atoms with E-state index in [1.165, 1.54) is 13.1 Å². The highest BCUT2D eigenvalue weighted by Crippen LogP contribution is 2.18.